The smallest absolute Gasteiger partial charge is 0.332 e. The quantitative estimate of drug-likeness (QED) is 0.315. The van der Waals surface area contributed by atoms with E-state index in [1.165, 1.54) is 17.1 Å². The molecule has 0 unspecified atom stereocenters. The molecule has 0 aromatic carbocycles. The molecule has 0 aliphatic heterocycles. The Morgan fingerprint density at radius 2 is 2.23 bits per heavy atom. The van der Waals surface area contributed by atoms with Crippen molar-refractivity contribution < 1.29 is 23.1 Å². The number of hydrogen-bond acceptors (Lipinski definition) is 4. The number of anilines is 1. The van der Waals surface area contributed by atoms with Gasteiger partial charge in [0.1, 0.15) is 5.69 Å². The summed E-state index contributed by atoms with van der Waals surface area (Å²) in [6, 6.07) is 3.38. The maximum absolute atomic E-state index is 12.2. The summed E-state index contributed by atoms with van der Waals surface area (Å²) in [7, 11) is 0. The monoisotopic (exact) mass is 425 g/mol. The van der Waals surface area contributed by atoms with E-state index in [0.717, 1.165) is 16.5 Å². The van der Waals surface area contributed by atoms with Gasteiger partial charge < -0.3 is 4.90 Å². The molecule has 2 aromatic heterocycles. The SMILES string of the molecule is CCN(C(=S)CCSCC(F)(F)F)c1cn(-c2ccc[n+](O)c2)nc1Cl. The molecule has 0 radical (unpaired) electrons. The lowest BCUT2D eigenvalue weighted by atomic mass is 10.3. The fraction of sp³-hybridized carbons (Fsp3) is 0.400. The molecule has 0 saturated carbocycles. The molecule has 0 saturated heterocycles. The van der Waals surface area contributed by atoms with Gasteiger partial charge in [0.15, 0.2) is 5.15 Å². The maximum atomic E-state index is 12.2. The van der Waals surface area contributed by atoms with Crippen LogP contribution in [-0.4, -0.2) is 44.2 Å². The summed E-state index contributed by atoms with van der Waals surface area (Å²) in [5.41, 5.74) is 1.15. The lowest BCUT2D eigenvalue weighted by Crippen LogP contribution is -2.29. The van der Waals surface area contributed by atoms with Crippen LogP contribution in [0.3, 0.4) is 0 Å². The number of pyridine rings is 1. The van der Waals surface area contributed by atoms with Crippen molar-refractivity contribution in [3.63, 3.8) is 0 Å². The number of alkyl halides is 3. The molecular weight excluding hydrogens is 409 g/mol. The first-order chi connectivity index (χ1) is 12.2. The van der Waals surface area contributed by atoms with Crippen molar-refractivity contribution >= 4 is 46.3 Å². The van der Waals surface area contributed by atoms with Gasteiger partial charge in [0, 0.05) is 23.8 Å². The van der Waals surface area contributed by atoms with Gasteiger partial charge in [-0.15, -0.1) is 0 Å². The Morgan fingerprint density at radius 3 is 2.85 bits per heavy atom. The lowest BCUT2D eigenvalue weighted by molar-refractivity contribution is -0.904. The number of hydrogen-bond donors (Lipinski definition) is 1. The van der Waals surface area contributed by atoms with Gasteiger partial charge in [-0.1, -0.05) is 23.8 Å². The van der Waals surface area contributed by atoms with Crippen LogP contribution in [0.1, 0.15) is 13.3 Å². The second kappa shape index (κ2) is 8.92. The van der Waals surface area contributed by atoms with E-state index in [4.69, 9.17) is 23.8 Å². The van der Waals surface area contributed by atoms with Crippen LogP contribution in [0.5, 0.6) is 0 Å². The normalized spacial score (nSPS) is 11.6. The Kier molecular flexibility index (Phi) is 7.13. The lowest BCUT2D eigenvalue weighted by Gasteiger charge is -2.22. The van der Waals surface area contributed by atoms with E-state index in [9.17, 15) is 18.4 Å². The van der Waals surface area contributed by atoms with E-state index in [1.54, 1.807) is 23.2 Å². The van der Waals surface area contributed by atoms with Gasteiger partial charge in [-0.25, -0.2) is 4.68 Å². The minimum absolute atomic E-state index is 0.213. The number of aromatic nitrogens is 3. The number of nitrogens with zero attached hydrogens (tertiary/aromatic N) is 4. The zero-order valence-electron chi connectivity index (χ0n) is 13.8. The molecule has 0 aliphatic carbocycles. The van der Waals surface area contributed by atoms with Crippen molar-refractivity contribution in [3.05, 3.63) is 35.9 Å². The minimum Gasteiger partial charge on any atom is -0.332 e. The molecule has 11 heteroatoms. The van der Waals surface area contributed by atoms with Crippen LogP contribution in [-0.2, 0) is 0 Å². The summed E-state index contributed by atoms with van der Waals surface area (Å²) in [6.45, 7) is 2.37. The first kappa shape index (κ1) is 20.8. The summed E-state index contributed by atoms with van der Waals surface area (Å²) in [5, 5.41) is 13.9. The molecular formula is C15H17ClF3N4OS2+. The molecule has 0 bridgehead atoms. The zero-order valence-corrected chi connectivity index (χ0v) is 16.2. The molecule has 1 N–H and O–H groups in total. The highest BCUT2D eigenvalue weighted by molar-refractivity contribution is 7.99. The van der Waals surface area contributed by atoms with Crippen molar-refractivity contribution in [2.24, 2.45) is 0 Å². The van der Waals surface area contributed by atoms with Crippen LogP contribution in [0.15, 0.2) is 30.7 Å². The predicted molar refractivity (Wildman–Crippen MR) is 99.6 cm³/mol. The molecule has 2 heterocycles. The van der Waals surface area contributed by atoms with E-state index < -0.39 is 11.9 Å². The molecule has 5 nitrogen and oxygen atoms in total. The van der Waals surface area contributed by atoms with E-state index in [0.29, 0.717) is 29.3 Å². The van der Waals surface area contributed by atoms with Gasteiger partial charge in [-0.05, 0) is 18.7 Å². The van der Waals surface area contributed by atoms with Crippen LogP contribution < -0.4 is 9.63 Å². The largest absolute Gasteiger partial charge is 0.397 e. The van der Waals surface area contributed by atoms with Crippen molar-refractivity contribution in [1.29, 1.82) is 0 Å². The first-order valence-corrected chi connectivity index (χ1v) is 9.56. The molecule has 0 amide bonds. The third-order valence-corrected chi connectivity index (χ3v) is 5.04. The second-order valence-electron chi connectivity index (χ2n) is 5.25. The van der Waals surface area contributed by atoms with Gasteiger partial charge in [-0.2, -0.15) is 30.0 Å². The van der Waals surface area contributed by atoms with E-state index in [-0.39, 0.29) is 10.9 Å². The van der Waals surface area contributed by atoms with Gasteiger partial charge in [0.25, 0.3) is 0 Å². The second-order valence-corrected chi connectivity index (χ2v) is 7.18. The highest BCUT2D eigenvalue weighted by Crippen LogP contribution is 2.27. The van der Waals surface area contributed by atoms with Crippen molar-refractivity contribution in [2.75, 3.05) is 23.0 Å². The topological polar surface area (TPSA) is 45.2 Å². The Labute approximate surface area is 163 Å². The fourth-order valence-electron chi connectivity index (χ4n) is 2.21. The minimum atomic E-state index is -4.18. The van der Waals surface area contributed by atoms with Crippen LogP contribution in [0.4, 0.5) is 18.9 Å². The van der Waals surface area contributed by atoms with Crippen LogP contribution in [0.2, 0.25) is 5.15 Å². The van der Waals surface area contributed by atoms with Crippen molar-refractivity contribution in [2.45, 2.75) is 19.5 Å². The summed E-state index contributed by atoms with van der Waals surface area (Å²) >= 11 is 12.4. The third-order valence-electron chi connectivity index (χ3n) is 3.32. The van der Waals surface area contributed by atoms with Crippen molar-refractivity contribution in [1.82, 2.24) is 9.78 Å². The van der Waals surface area contributed by atoms with Gasteiger partial charge in [-0.3, -0.25) is 5.21 Å². The van der Waals surface area contributed by atoms with Gasteiger partial charge >= 0.3 is 6.18 Å². The molecule has 2 aromatic rings. The molecule has 26 heavy (non-hydrogen) atoms. The maximum Gasteiger partial charge on any atom is 0.397 e. The van der Waals surface area contributed by atoms with Crippen LogP contribution in [0.25, 0.3) is 5.69 Å². The molecule has 142 valence electrons. The van der Waals surface area contributed by atoms with Crippen LogP contribution in [0, 0.1) is 0 Å². The molecule has 0 fully saturated rings. The van der Waals surface area contributed by atoms with Crippen LogP contribution >= 0.6 is 35.6 Å². The van der Waals surface area contributed by atoms with Crippen molar-refractivity contribution in [3.8, 4) is 5.69 Å². The Bertz CT molecular complexity index is 770. The molecule has 0 spiro atoms. The standard InChI is InChI=1S/C15H17ClF3N4OS2/c1-2-22(13(25)5-7-26-10-15(17,18)19)12-9-23(20-14(12)16)11-4-3-6-21(24)8-11/h3-4,6,8-9,24H,2,5,7,10H2,1H3/q+1. The fourth-order valence-corrected chi connectivity index (χ4v) is 3.61. The molecule has 2 rings (SSSR count). The zero-order chi connectivity index (χ0) is 19.3. The molecule has 0 atom stereocenters. The molecule has 0 aliphatic rings. The summed E-state index contributed by atoms with van der Waals surface area (Å²) in [4.78, 5) is 2.24. The average molecular weight is 426 g/mol. The van der Waals surface area contributed by atoms with Gasteiger partial charge in [0.05, 0.1) is 22.6 Å². The summed E-state index contributed by atoms with van der Waals surface area (Å²) in [5.74, 6) is -0.626. The van der Waals surface area contributed by atoms with Gasteiger partial charge in [0.2, 0.25) is 12.4 Å². The number of halogens is 4. The number of rotatable bonds is 7. The Balaban J connectivity index is 2.08. The third kappa shape index (κ3) is 5.75. The number of thioether (sulfide) groups is 1. The Morgan fingerprint density at radius 1 is 1.50 bits per heavy atom. The average Bonchev–Trinajstić information content (AvgIpc) is 2.93. The highest BCUT2D eigenvalue weighted by Gasteiger charge is 2.27. The summed E-state index contributed by atoms with van der Waals surface area (Å²) < 4.78 is 39.0. The Hall–Kier alpha value is -1.52. The predicted octanol–water partition coefficient (Wildman–Crippen LogP) is 3.89. The highest BCUT2D eigenvalue weighted by atomic mass is 35.5. The van der Waals surface area contributed by atoms with E-state index in [2.05, 4.69) is 5.10 Å². The van der Waals surface area contributed by atoms with E-state index in [1.807, 2.05) is 6.92 Å². The first-order valence-electron chi connectivity index (χ1n) is 7.62. The number of thiocarbonyl (C=S) groups is 1. The van der Waals surface area contributed by atoms with E-state index >= 15 is 0 Å². The summed E-state index contributed by atoms with van der Waals surface area (Å²) in [6.07, 6.45) is 0.723.